The van der Waals surface area contributed by atoms with E-state index in [9.17, 15) is 18.0 Å². The Morgan fingerprint density at radius 3 is 2.31 bits per heavy atom. The van der Waals surface area contributed by atoms with Gasteiger partial charge in [0.15, 0.2) is 5.82 Å². The van der Waals surface area contributed by atoms with Gasteiger partial charge in [0.05, 0.1) is 11.4 Å². The van der Waals surface area contributed by atoms with E-state index in [0.717, 1.165) is 0 Å². The first-order chi connectivity index (χ1) is 16.7. The lowest BCUT2D eigenvalue weighted by Crippen LogP contribution is -2.39. The first-order valence-electron chi connectivity index (χ1n) is 10.1. The number of carbonyl (C=O) groups excluding carboxylic acids is 1. The molecular weight excluding hydrogens is 463 g/mol. The van der Waals surface area contributed by atoms with Gasteiger partial charge in [-0.05, 0) is 60.7 Å². The van der Waals surface area contributed by atoms with Crippen molar-refractivity contribution >= 4 is 23.4 Å². The van der Waals surface area contributed by atoms with Gasteiger partial charge in [0, 0.05) is 11.3 Å². The van der Waals surface area contributed by atoms with Crippen LogP contribution in [-0.2, 0) is 0 Å². The smallest absolute Gasteiger partial charge is 0.406 e. The molecule has 2 amide bonds. The summed E-state index contributed by atoms with van der Waals surface area (Å²) in [5.74, 6) is -0.00396. The number of aliphatic imine (C=N–C) groups is 1. The summed E-state index contributed by atoms with van der Waals surface area (Å²) in [6.45, 7) is 0. The topological polar surface area (TPSA) is 119 Å². The zero-order valence-electron chi connectivity index (χ0n) is 17.9. The van der Waals surface area contributed by atoms with Crippen molar-refractivity contribution in [2.75, 3.05) is 5.32 Å². The van der Waals surface area contributed by atoms with E-state index in [1.807, 2.05) is 6.07 Å². The lowest BCUT2D eigenvalue weighted by molar-refractivity contribution is -0.274. The van der Waals surface area contributed by atoms with Gasteiger partial charge in [-0.2, -0.15) is 0 Å². The third kappa shape index (κ3) is 6.57. The molecule has 0 radical (unpaired) electrons. The Bertz CT molecular complexity index is 1320. The van der Waals surface area contributed by atoms with E-state index in [2.05, 4.69) is 30.4 Å². The Morgan fingerprint density at radius 1 is 0.971 bits per heavy atom. The summed E-state index contributed by atoms with van der Waals surface area (Å²) in [5.41, 5.74) is 8.02. The number of urea groups is 1. The Hall–Kier alpha value is -4.87. The van der Waals surface area contributed by atoms with Gasteiger partial charge in [-0.1, -0.05) is 18.2 Å². The van der Waals surface area contributed by atoms with Crippen molar-refractivity contribution in [3.05, 3.63) is 85.2 Å². The molecule has 0 bridgehead atoms. The molecule has 3 aromatic carbocycles. The molecule has 0 fully saturated rings. The lowest BCUT2D eigenvalue weighted by Gasteiger charge is -2.09. The minimum Gasteiger partial charge on any atom is -0.406 e. The maximum absolute atomic E-state index is 12.3. The molecule has 35 heavy (non-hydrogen) atoms. The van der Waals surface area contributed by atoms with Crippen LogP contribution in [0.5, 0.6) is 5.75 Å². The summed E-state index contributed by atoms with van der Waals surface area (Å²) in [6.07, 6.45) is -3.32. The SMILES string of the molecule is NC(=Nc1ccccc1)NC(=O)Nc1ccc(-c2ncn(-c3ccc(OC(F)(F)F)cc3)n2)cc1. The first kappa shape index (κ1) is 23.3. The van der Waals surface area contributed by atoms with Crippen molar-refractivity contribution < 1.29 is 22.7 Å². The van der Waals surface area contributed by atoms with E-state index in [-0.39, 0.29) is 11.7 Å². The molecule has 0 aliphatic carbocycles. The number of alkyl halides is 3. The zero-order valence-corrected chi connectivity index (χ0v) is 17.9. The maximum atomic E-state index is 12.3. The Balaban J connectivity index is 1.37. The second kappa shape index (κ2) is 9.95. The molecule has 178 valence electrons. The van der Waals surface area contributed by atoms with Crippen molar-refractivity contribution in [2.45, 2.75) is 6.36 Å². The third-order valence-corrected chi connectivity index (χ3v) is 4.48. The number of hydrogen-bond donors (Lipinski definition) is 3. The number of guanidine groups is 1. The van der Waals surface area contributed by atoms with Crippen LogP contribution in [0.3, 0.4) is 0 Å². The van der Waals surface area contributed by atoms with Crippen molar-refractivity contribution in [3.8, 4) is 22.8 Å². The summed E-state index contributed by atoms with van der Waals surface area (Å²) in [5, 5.41) is 9.42. The minimum atomic E-state index is -4.76. The fourth-order valence-corrected chi connectivity index (χ4v) is 2.97. The van der Waals surface area contributed by atoms with Crippen LogP contribution < -0.4 is 21.1 Å². The number of anilines is 1. The van der Waals surface area contributed by atoms with E-state index < -0.39 is 12.4 Å². The van der Waals surface area contributed by atoms with Crippen molar-refractivity contribution in [3.63, 3.8) is 0 Å². The minimum absolute atomic E-state index is 0.0574. The number of benzene rings is 3. The maximum Gasteiger partial charge on any atom is 0.573 e. The van der Waals surface area contributed by atoms with Crippen LogP contribution in [0.2, 0.25) is 0 Å². The second-order valence-electron chi connectivity index (χ2n) is 7.04. The third-order valence-electron chi connectivity index (χ3n) is 4.48. The van der Waals surface area contributed by atoms with Crippen molar-refractivity contribution in [1.29, 1.82) is 0 Å². The number of rotatable bonds is 5. The highest BCUT2D eigenvalue weighted by Gasteiger charge is 2.31. The molecule has 1 aromatic heterocycles. The van der Waals surface area contributed by atoms with Crippen molar-refractivity contribution in [2.24, 2.45) is 10.7 Å². The summed E-state index contributed by atoms with van der Waals surface area (Å²) < 4.78 is 42.2. The van der Waals surface area contributed by atoms with Crippen LogP contribution >= 0.6 is 0 Å². The van der Waals surface area contributed by atoms with Gasteiger partial charge in [-0.15, -0.1) is 18.3 Å². The van der Waals surface area contributed by atoms with Gasteiger partial charge in [-0.3, -0.25) is 5.32 Å². The largest absolute Gasteiger partial charge is 0.573 e. The molecular formula is C23H18F3N7O2. The van der Waals surface area contributed by atoms with E-state index in [4.69, 9.17) is 5.73 Å². The summed E-state index contributed by atoms with van der Waals surface area (Å²) in [6, 6.07) is 20.3. The summed E-state index contributed by atoms with van der Waals surface area (Å²) >= 11 is 0. The number of aromatic nitrogens is 3. The molecule has 0 atom stereocenters. The monoisotopic (exact) mass is 481 g/mol. The molecule has 0 aliphatic rings. The van der Waals surface area contributed by atoms with Gasteiger partial charge < -0.3 is 15.8 Å². The van der Waals surface area contributed by atoms with Crippen molar-refractivity contribution in [1.82, 2.24) is 20.1 Å². The highest BCUT2D eigenvalue weighted by Crippen LogP contribution is 2.24. The molecule has 4 N–H and O–H groups in total. The average molecular weight is 481 g/mol. The van der Waals surface area contributed by atoms with Gasteiger partial charge >= 0.3 is 12.4 Å². The molecule has 0 unspecified atom stereocenters. The van der Waals surface area contributed by atoms with E-state index in [1.165, 1.54) is 35.3 Å². The Morgan fingerprint density at radius 2 is 1.66 bits per heavy atom. The number of hydrogen-bond acceptors (Lipinski definition) is 5. The predicted octanol–water partition coefficient (Wildman–Crippen LogP) is 4.60. The van der Waals surface area contributed by atoms with Gasteiger partial charge in [0.25, 0.3) is 0 Å². The van der Waals surface area contributed by atoms with Crippen LogP contribution in [0.1, 0.15) is 0 Å². The standard InChI is InChI=1S/C23H18F3N7O2/c24-23(25,26)35-19-12-10-18(11-13-19)33-14-28-20(32-33)15-6-8-17(9-7-15)30-22(34)31-21(27)29-16-4-2-1-3-5-16/h1-14H,(H4,27,29,30,31,34). The molecule has 0 aliphatic heterocycles. The Kier molecular flexibility index (Phi) is 6.62. The van der Waals surface area contributed by atoms with Crippen LogP contribution in [0.15, 0.2) is 90.2 Å². The van der Waals surface area contributed by atoms with Crippen LogP contribution in [0.4, 0.5) is 29.3 Å². The predicted molar refractivity (Wildman–Crippen MR) is 123 cm³/mol. The second-order valence-corrected chi connectivity index (χ2v) is 7.04. The number of para-hydroxylation sites is 1. The summed E-state index contributed by atoms with van der Waals surface area (Å²) in [4.78, 5) is 20.5. The highest BCUT2D eigenvalue weighted by molar-refractivity contribution is 6.02. The van der Waals surface area contributed by atoms with Crippen LogP contribution in [-0.4, -0.2) is 33.1 Å². The zero-order chi connectivity index (χ0) is 24.8. The fraction of sp³-hybridized carbons (Fsp3) is 0.0435. The molecule has 1 heterocycles. The summed E-state index contributed by atoms with van der Waals surface area (Å²) in [7, 11) is 0. The van der Waals surface area contributed by atoms with E-state index in [1.54, 1.807) is 48.5 Å². The first-order valence-corrected chi connectivity index (χ1v) is 10.1. The van der Waals surface area contributed by atoms with Gasteiger partial charge in [0.2, 0.25) is 5.96 Å². The normalized spacial score (nSPS) is 11.7. The molecule has 12 heteroatoms. The average Bonchev–Trinajstić information content (AvgIpc) is 3.30. The van der Waals surface area contributed by atoms with E-state index >= 15 is 0 Å². The van der Waals surface area contributed by atoms with Gasteiger partial charge in [0.1, 0.15) is 12.1 Å². The molecule has 0 saturated carbocycles. The number of nitrogens with two attached hydrogens (primary N) is 1. The Labute approximate surface area is 197 Å². The number of ether oxygens (including phenoxy) is 1. The molecule has 0 saturated heterocycles. The number of halogens is 3. The highest BCUT2D eigenvalue weighted by atomic mass is 19.4. The number of amides is 2. The molecule has 4 aromatic rings. The van der Waals surface area contributed by atoms with Gasteiger partial charge in [-0.25, -0.2) is 19.5 Å². The molecule has 4 rings (SSSR count). The number of carbonyl (C=O) groups is 1. The quantitative estimate of drug-likeness (QED) is 0.284. The fourth-order valence-electron chi connectivity index (χ4n) is 2.97. The molecule has 0 spiro atoms. The van der Waals surface area contributed by atoms with E-state index in [0.29, 0.717) is 28.5 Å². The molecule has 9 nitrogen and oxygen atoms in total. The number of nitrogens with one attached hydrogen (secondary N) is 2. The van der Waals surface area contributed by atoms with Crippen LogP contribution in [0.25, 0.3) is 17.1 Å². The number of nitrogens with zero attached hydrogens (tertiary/aromatic N) is 4. The lowest BCUT2D eigenvalue weighted by atomic mass is 10.2. The van der Waals surface area contributed by atoms with Crippen LogP contribution in [0, 0.1) is 0 Å².